The Bertz CT molecular complexity index is 623. The van der Waals surface area contributed by atoms with E-state index in [2.05, 4.69) is 22.2 Å². The number of aryl methyl sites for hydroxylation is 1. The van der Waals surface area contributed by atoms with E-state index in [1.165, 1.54) is 0 Å². The molecule has 2 heterocycles. The Labute approximate surface area is 115 Å². The zero-order valence-corrected chi connectivity index (χ0v) is 11.7. The molecule has 1 aromatic carbocycles. The quantitative estimate of drug-likeness (QED) is 0.624. The molecule has 19 heavy (non-hydrogen) atoms. The topological polar surface area (TPSA) is 41.1 Å². The molecule has 0 unspecified atom stereocenters. The first-order valence-corrected chi connectivity index (χ1v) is 6.95. The van der Waals surface area contributed by atoms with Crippen molar-refractivity contribution in [2.24, 2.45) is 17.3 Å². The maximum absolute atomic E-state index is 5.65. The molecular weight excluding hydrogens is 260 g/mol. The van der Waals surface area contributed by atoms with E-state index in [0.29, 0.717) is 6.61 Å². The van der Waals surface area contributed by atoms with Gasteiger partial charge in [0.2, 0.25) is 0 Å². The highest BCUT2D eigenvalue weighted by molar-refractivity contribution is 7.12. The highest BCUT2D eigenvalue weighted by Crippen LogP contribution is 2.34. The third-order valence-corrected chi connectivity index (χ3v) is 3.89. The summed E-state index contributed by atoms with van der Waals surface area (Å²) in [6.07, 6.45) is 1.96. The largest absolute Gasteiger partial charge is 0.489 e. The number of fused-ring (bicyclic) bond motifs is 1. The van der Waals surface area contributed by atoms with Gasteiger partial charge in [0.15, 0.2) is 0 Å². The van der Waals surface area contributed by atoms with Crippen molar-refractivity contribution in [2.75, 3.05) is 25.1 Å². The second-order valence-electron chi connectivity index (χ2n) is 4.42. The van der Waals surface area contributed by atoms with Crippen molar-refractivity contribution in [2.45, 2.75) is 0 Å². The van der Waals surface area contributed by atoms with Gasteiger partial charge in [0.25, 0.3) is 0 Å². The molecule has 3 rings (SSSR count). The lowest BCUT2D eigenvalue weighted by atomic mass is 10.2. The summed E-state index contributed by atoms with van der Waals surface area (Å²) < 4.78 is 7.59. The van der Waals surface area contributed by atoms with Crippen LogP contribution >= 0.6 is 11.3 Å². The summed E-state index contributed by atoms with van der Waals surface area (Å²) in [6, 6.07) is 5.92. The van der Waals surface area contributed by atoms with Gasteiger partial charge >= 0.3 is 5.13 Å². The van der Waals surface area contributed by atoms with E-state index < -0.39 is 0 Å². The fourth-order valence-electron chi connectivity index (χ4n) is 1.93. The maximum atomic E-state index is 5.65. The average molecular weight is 275 g/mol. The van der Waals surface area contributed by atoms with Gasteiger partial charge in [-0.1, -0.05) is 0 Å². The number of anilines is 1. The molecule has 1 aliphatic heterocycles. The van der Waals surface area contributed by atoms with Crippen molar-refractivity contribution < 1.29 is 9.30 Å². The number of thiazole rings is 1. The molecule has 6 heteroatoms. The van der Waals surface area contributed by atoms with E-state index in [4.69, 9.17) is 4.74 Å². The monoisotopic (exact) mass is 275 g/mol. The number of likely N-dealkylation sites (N-methyl/N-ethyl adjacent to an activating group) is 1. The highest BCUT2D eigenvalue weighted by atomic mass is 32.1. The van der Waals surface area contributed by atoms with Gasteiger partial charge in [0.1, 0.15) is 24.2 Å². The Morgan fingerprint density at radius 3 is 3.05 bits per heavy atom. The van der Waals surface area contributed by atoms with Crippen molar-refractivity contribution in [1.82, 2.24) is 0 Å². The molecule has 0 saturated heterocycles. The first-order chi connectivity index (χ1) is 9.24. The van der Waals surface area contributed by atoms with E-state index in [1.807, 2.05) is 41.4 Å². The lowest BCUT2D eigenvalue weighted by Crippen LogP contribution is -2.28. The fourth-order valence-corrected chi connectivity index (χ4v) is 2.61. The minimum absolute atomic E-state index is 0.712. The number of rotatable bonds is 2. The van der Waals surface area contributed by atoms with Crippen LogP contribution in [0.2, 0.25) is 0 Å². The molecular formula is C13H15N4OS+. The second-order valence-corrected chi connectivity index (χ2v) is 5.29. The van der Waals surface area contributed by atoms with Gasteiger partial charge in [-0.25, -0.2) is 4.57 Å². The number of aromatic nitrogens is 1. The lowest BCUT2D eigenvalue weighted by molar-refractivity contribution is -0.654. The van der Waals surface area contributed by atoms with Crippen LogP contribution in [-0.2, 0) is 7.05 Å². The Hall–Kier alpha value is -1.95. The van der Waals surface area contributed by atoms with Crippen LogP contribution in [0.1, 0.15) is 0 Å². The van der Waals surface area contributed by atoms with Gasteiger partial charge in [0.05, 0.1) is 24.4 Å². The fraction of sp³-hybridized carbons (Fsp3) is 0.308. The van der Waals surface area contributed by atoms with Gasteiger partial charge in [0, 0.05) is 18.5 Å². The molecule has 0 spiro atoms. The molecule has 5 nitrogen and oxygen atoms in total. The van der Waals surface area contributed by atoms with Crippen LogP contribution in [-0.4, -0.2) is 20.2 Å². The minimum atomic E-state index is 0.712. The molecule has 0 radical (unpaired) electrons. The van der Waals surface area contributed by atoms with Crippen LogP contribution in [0.15, 0.2) is 40.0 Å². The Balaban J connectivity index is 1.87. The summed E-state index contributed by atoms with van der Waals surface area (Å²) in [5.41, 5.74) is 1.91. The summed E-state index contributed by atoms with van der Waals surface area (Å²) in [6.45, 7) is 1.63. The standard InChI is InChI=1S/C13H15N4OS/c1-16-5-7-18-12-9-10(3-4-11(12)16)14-15-13-17(2)6-8-19-13/h3-4,6,8-9H,5,7H2,1-2H3/q+1. The van der Waals surface area contributed by atoms with E-state index >= 15 is 0 Å². The van der Waals surface area contributed by atoms with Gasteiger partial charge in [-0.2, -0.15) is 0 Å². The van der Waals surface area contributed by atoms with E-state index in [1.54, 1.807) is 11.3 Å². The van der Waals surface area contributed by atoms with Crippen molar-refractivity contribution in [3.05, 3.63) is 29.8 Å². The van der Waals surface area contributed by atoms with Crippen LogP contribution in [0, 0.1) is 0 Å². The molecule has 98 valence electrons. The SMILES string of the molecule is CN1CCOc2cc(N=Nc3scc[n+]3C)ccc21. The van der Waals surface area contributed by atoms with Crippen LogP contribution in [0.25, 0.3) is 0 Å². The van der Waals surface area contributed by atoms with Gasteiger partial charge in [-0.05, 0) is 28.6 Å². The summed E-state index contributed by atoms with van der Waals surface area (Å²) in [7, 11) is 4.02. The van der Waals surface area contributed by atoms with Gasteiger partial charge < -0.3 is 9.64 Å². The van der Waals surface area contributed by atoms with Crippen LogP contribution in [0.3, 0.4) is 0 Å². The third kappa shape index (κ3) is 2.44. The number of nitrogens with zero attached hydrogens (tertiary/aromatic N) is 4. The third-order valence-electron chi connectivity index (χ3n) is 3.05. The van der Waals surface area contributed by atoms with Crippen molar-refractivity contribution in [1.29, 1.82) is 0 Å². The Kier molecular flexibility index (Phi) is 3.16. The second kappa shape index (κ2) is 4.97. The molecule has 0 atom stereocenters. The van der Waals surface area contributed by atoms with Crippen molar-refractivity contribution in [3.63, 3.8) is 0 Å². The van der Waals surface area contributed by atoms with E-state index in [0.717, 1.165) is 28.8 Å². The van der Waals surface area contributed by atoms with Gasteiger partial charge in [-0.3, -0.25) is 0 Å². The predicted octanol–water partition coefficient (Wildman–Crippen LogP) is 2.82. The summed E-state index contributed by atoms with van der Waals surface area (Å²) in [4.78, 5) is 2.18. The molecule has 0 bridgehead atoms. The molecule has 1 aliphatic rings. The molecule has 0 fully saturated rings. The summed E-state index contributed by atoms with van der Waals surface area (Å²) in [5.74, 6) is 0.876. The molecule has 0 aliphatic carbocycles. The first-order valence-electron chi connectivity index (χ1n) is 6.07. The van der Waals surface area contributed by atoms with Crippen LogP contribution in [0.5, 0.6) is 5.75 Å². The summed E-state index contributed by atoms with van der Waals surface area (Å²) in [5, 5.41) is 11.4. The molecule has 0 N–H and O–H groups in total. The molecule has 0 saturated carbocycles. The van der Waals surface area contributed by atoms with Crippen LogP contribution < -0.4 is 14.2 Å². The number of hydrogen-bond donors (Lipinski definition) is 0. The Morgan fingerprint density at radius 1 is 1.37 bits per heavy atom. The molecule has 1 aromatic heterocycles. The zero-order valence-electron chi connectivity index (χ0n) is 10.9. The number of ether oxygens (including phenoxy) is 1. The Morgan fingerprint density at radius 2 is 2.26 bits per heavy atom. The number of benzene rings is 1. The molecule has 2 aromatic rings. The van der Waals surface area contributed by atoms with Gasteiger partial charge in [-0.15, -0.1) is 0 Å². The smallest absolute Gasteiger partial charge is 0.408 e. The van der Waals surface area contributed by atoms with E-state index in [9.17, 15) is 0 Å². The zero-order chi connectivity index (χ0) is 13.2. The van der Waals surface area contributed by atoms with Crippen molar-refractivity contribution in [3.8, 4) is 5.75 Å². The maximum Gasteiger partial charge on any atom is 0.408 e. The predicted molar refractivity (Wildman–Crippen MR) is 74.9 cm³/mol. The highest BCUT2D eigenvalue weighted by Gasteiger charge is 2.15. The number of azo groups is 1. The average Bonchev–Trinajstić information content (AvgIpc) is 2.82. The van der Waals surface area contributed by atoms with Crippen molar-refractivity contribution >= 4 is 27.8 Å². The summed E-state index contributed by atoms with van der Waals surface area (Å²) >= 11 is 1.56. The normalized spacial score (nSPS) is 14.5. The minimum Gasteiger partial charge on any atom is -0.489 e. The lowest BCUT2D eigenvalue weighted by Gasteiger charge is -2.27. The first kappa shape index (κ1) is 12.1. The molecule has 0 amide bonds. The van der Waals surface area contributed by atoms with Crippen LogP contribution in [0.4, 0.5) is 16.5 Å². The van der Waals surface area contributed by atoms with E-state index in [-0.39, 0.29) is 0 Å². The number of hydrogen-bond acceptors (Lipinski definition) is 5.